The number of ether oxygens (including phenoxy) is 2. The molecule has 4 nitrogen and oxygen atoms in total. The summed E-state index contributed by atoms with van der Waals surface area (Å²) in [4.78, 5) is 14.4. The average molecular weight is 310 g/mol. The molecule has 21 heavy (non-hydrogen) atoms. The molecule has 1 amide bonds. The van der Waals surface area contributed by atoms with Crippen molar-refractivity contribution in [1.29, 1.82) is 0 Å². The van der Waals surface area contributed by atoms with E-state index in [0.717, 1.165) is 25.5 Å². The second-order valence-corrected chi connectivity index (χ2v) is 6.22. The zero-order chi connectivity index (χ0) is 14.8. The molecule has 0 aromatic heterocycles. The molecule has 1 aliphatic heterocycles. The van der Waals surface area contributed by atoms with Crippen molar-refractivity contribution >= 4 is 17.5 Å². The van der Waals surface area contributed by atoms with Gasteiger partial charge in [-0.1, -0.05) is 11.6 Å². The number of rotatable bonds is 5. The van der Waals surface area contributed by atoms with Gasteiger partial charge < -0.3 is 14.4 Å². The maximum atomic E-state index is 12.6. The standard InChI is InChI=1S/C16H20ClNO3/c1-20-15-5-4-12(17)8-14(15)16(19)18-7-6-13(9-18)21-10-11-2-3-11/h4-5,8,11,13H,2-3,6-7,9-10H2,1H3. The summed E-state index contributed by atoms with van der Waals surface area (Å²) in [5, 5.41) is 0.542. The van der Waals surface area contributed by atoms with Gasteiger partial charge in [0.1, 0.15) is 5.75 Å². The number of amides is 1. The molecule has 0 spiro atoms. The first-order valence-electron chi connectivity index (χ1n) is 7.42. The smallest absolute Gasteiger partial charge is 0.257 e. The van der Waals surface area contributed by atoms with Gasteiger partial charge in [-0.2, -0.15) is 0 Å². The SMILES string of the molecule is COc1ccc(Cl)cc1C(=O)N1CCC(OCC2CC2)C1. The monoisotopic (exact) mass is 309 g/mol. The summed E-state index contributed by atoms with van der Waals surface area (Å²) in [5.74, 6) is 1.28. The first-order valence-corrected chi connectivity index (χ1v) is 7.79. The molecule has 1 aromatic rings. The van der Waals surface area contributed by atoms with Gasteiger partial charge in [-0.3, -0.25) is 4.79 Å². The fraction of sp³-hybridized carbons (Fsp3) is 0.562. The fourth-order valence-corrected chi connectivity index (χ4v) is 2.80. The van der Waals surface area contributed by atoms with Gasteiger partial charge in [0.15, 0.2) is 0 Å². The maximum absolute atomic E-state index is 12.6. The van der Waals surface area contributed by atoms with Crippen LogP contribution in [0.25, 0.3) is 0 Å². The molecule has 0 bridgehead atoms. The van der Waals surface area contributed by atoms with Gasteiger partial charge in [0.05, 0.1) is 18.8 Å². The van der Waals surface area contributed by atoms with Gasteiger partial charge in [0, 0.05) is 24.7 Å². The first-order chi connectivity index (χ1) is 10.2. The number of hydrogen-bond donors (Lipinski definition) is 0. The van der Waals surface area contributed by atoms with E-state index in [9.17, 15) is 4.79 Å². The number of nitrogens with zero attached hydrogens (tertiary/aromatic N) is 1. The number of methoxy groups -OCH3 is 1. The highest BCUT2D eigenvalue weighted by Crippen LogP contribution is 2.30. The first kappa shape index (κ1) is 14.7. The second kappa shape index (κ2) is 6.24. The molecular weight excluding hydrogens is 290 g/mol. The summed E-state index contributed by atoms with van der Waals surface area (Å²) in [7, 11) is 1.56. The van der Waals surface area contributed by atoms with Crippen molar-refractivity contribution < 1.29 is 14.3 Å². The highest BCUT2D eigenvalue weighted by Gasteiger charge is 2.31. The van der Waals surface area contributed by atoms with E-state index in [0.29, 0.717) is 22.9 Å². The van der Waals surface area contributed by atoms with E-state index in [1.807, 2.05) is 4.90 Å². The van der Waals surface area contributed by atoms with Crippen molar-refractivity contribution in [2.24, 2.45) is 5.92 Å². The van der Waals surface area contributed by atoms with Gasteiger partial charge in [-0.25, -0.2) is 0 Å². The van der Waals surface area contributed by atoms with Gasteiger partial charge >= 0.3 is 0 Å². The minimum absolute atomic E-state index is 0.0353. The molecule has 1 atom stereocenters. The lowest BCUT2D eigenvalue weighted by Crippen LogP contribution is -2.30. The molecule has 0 radical (unpaired) electrons. The van der Waals surface area contributed by atoms with Crippen LogP contribution in [0.3, 0.4) is 0 Å². The van der Waals surface area contributed by atoms with Crippen LogP contribution in [0.5, 0.6) is 5.75 Å². The van der Waals surface area contributed by atoms with Gasteiger partial charge in [-0.05, 0) is 43.4 Å². The largest absolute Gasteiger partial charge is 0.496 e. The Morgan fingerprint density at radius 2 is 2.19 bits per heavy atom. The summed E-state index contributed by atoms with van der Waals surface area (Å²) < 4.78 is 11.1. The summed E-state index contributed by atoms with van der Waals surface area (Å²) in [6.45, 7) is 2.22. The Balaban J connectivity index is 1.63. The molecule has 5 heteroatoms. The van der Waals surface area contributed by atoms with E-state index in [2.05, 4.69) is 0 Å². The van der Waals surface area contributed by atoms with Crippen molar-refractivity contribution in [3.05, 3.63) is 28.8 Å². The van der Waals surface area contributed by atoms with Crippen LogP contribution in [-0.2, 0) is 4.74 Å². The van der Waals surface area contributed by atoms with Crippen LogP contribution in [-0.4, -0.2) is 43.7 Å². The fourth-order valence-electron chi connectivity index (χ4n) is 2.62. The van der Waals surface area contributed by atoms with E-state index < -0.39 is 0 Å². The summed E-state index contributed by atoms with van der Waals surface area (Å²) in [5.41, 5.74) is 0.521. The number of carbonyl (C=O) groups excluding carboxylic acids is 1. The molecular formula is C16H20ClNO3. The zero-order valence-corrected chi connectivity index (χ0v) is 12.9. The third-order valence-electron chi connectivity index (χ3n) is 4.09. The molecule has 1 aromatic carbocycles. The molecule has 114 valence electrons. The molecule has 1 aliphatic carbocycles. The third-order valence-corrected chi connectivity index (χ3v) is 4.32. The quantitative estimate of drug-likeness (QED) is 0.839. The number of carbonyl (C=O) groups is 1. The topological polar surface area (TPSA) is 38.8 Å². The van der Waals surface area contributed by atoms with Crippen molar-refractivity contribution in [2.75, 3.05) is 26.8 Å². The summed E-state index contributed by atoms with van der Waals surface area (Å²) >= 11 is 5.99. The Hall–Kier alpha value is -1.26. The highest BCUT2D eigenvalue weighted by atomic mass is 35.5. The molecule has 1 unspecified atom stereocenters. The molecule has 3 rings (SSSR count). The minimum Gasteiger partial charge on any atom is -0.496 e. The van der Waals surface area contributed by atoms with Crippen molar-refractivity contribution in [3.63, 3.8) is 0 Å². The summed E-state index contributed by atoms with van der Waals surface area (Å²) in [6.07, 6.45) is 3.64. The molecule has 1 heterocycles. The Bertz CT molecular complexity index is 530. The Labute approximate surface area is 130 Å². The van der Waals surface area contributed by atoms with Crippen LogP contribution in [0.15, 0.2) is 18.2 Å². The molecule has 2 aliphatic rings. The third kappa shape index (κ3) is 3.50. The van der Waals surface area contributed by atoms with E-state index in [-0.39, 0.29) is 12.0 Å². The van der Waals surface area contributed by atoms with Gasteiger partial charge in [-0.15, -0.1) is 0 Å². The molecule has 1 saturated heterocycles. The number of hydrogen-bond acceptors (Lipinski definition) is 3. The Morgan fingerprint density at radius 1 is 1.38 bits per heavy atom. The molecule has 0 N–H and O–H groups in total. The van der Waals surface area contributed by atoms with Crippen molar-refractivity contribution in [1.82, 2.24) is 4.90 Å². The minimum atomic E-state index is -0.0353. The molecule has 2 fully saturated rings. The van der Waals surface area contributed by atoms with Gasteiger partial charge in [0.2, 0.25) is 0 Å². The van der Waals surface area contributed by atoms with E-state index >= 15 is 0 Å². The lowest BCUT2D eigenvalue weighted by atomic mass is 10.1. The number of likely N-dealkylation sites (tertiary alicyclic amines) is 1. The lowest BCUT2D eigenvalue weighted by Gasteiger charge is -2.18. The van der Waals surface area contributed by atoms with Crippen LogP contribution < -0.4 is 4.74 Å². The normalized spacial score (nSPS) is 21.6. The van der Waals surface area contributed by atoms with Crippen molar-refractivity contribution in [2.45, 2.75) is 25.4 Å². The van der Waals surface area contributed by atoms with E-state index in [1.54, 1.807) is 25.3 Å². The van der Waals surface area contributed by atoms with Crippen LogP contribution >= 0.6 is 11.6 Å². The lowest BCUT2D eigenvalue weighted by molar-refractivity contribution is 0.0479. The van der Waals surface area contributed by atoms with Crippen LogP contribution in [0.4, 0.5) is 0 Å². The van der Waals surface area contributed by atoms with E-state index in [4.69, 9.17) is 21.1 Å². The Kier molecular flexibility index (Phi) is 4.36. The zero-order valence-electron chi connectivity index (χ0n) is 12.2. The molecule has 1 saturated carbocycles. The second-order valence-electron chi connectivity index (χ2n) is 5.78. The van der Waals surface area contributed by atoms with Crippen LogP contribution in [0.2, 0.25) is 5.02 Å². The summed E-state index contributed by atoms with van der Waals surface area (Å²) in [6, 6.07) is 5.12. The highest BCUT2D eigenvalue weighted by molar-refractivity contribution is 6.31. The van der Waals surface area contributed by atoms with Crippen molar-refractivity contribution in [3.8, 4) is 5.75 Å². The number of benzene rings is 1. The maximum Gasteiger partial charge on any atom is 0.257 e. The van der Waals surface area contributed by atoms with Gasteiger partial charge in [0.25, 0.3) is 5.91 Å². The average Bonchev–Trinajstić information content (AvgIpc) is 3.21. The van der Waals surface area contributed by atoms with Crippen LogP contribution in [0.1, 0.15) is 29.6 Å². The predicted octanol–water partition coefficient (Wildman–Crippen LogP) is 2.99. The Morgan fingerprint density at radius 3 is 2.90 bits per heavy atom. The number of halogens is 1. The predicted molar refractivity (Wildman–Crippen MR) is 81.0 cm³/mol. The van der Waals surface area contributed by atoms with E-state index in [1.165, 1.54) is 12.8 Å². The van der Waals surface area contributed by atoms with Crippen LogP contribution in [0, 0.1) is 5.92 Å².